The molecule has 56 valence electrons. The maximum absolute atomic E-state index is 3.95. The van der Waals surface area contributed by atoms with Gasteiger partial charge in [0.25, 0.3) is 0 Å². The van der Waals surface area contributed by atoms with Gasteiger partial charge in [0, 0.05) is 6.04 Å². The minimum atomic E-state index is 0.468. The largest absolute Gasteiger partial charge is 0.313 e. The molecule has 1 aromatic rings. The molecule has 1 heterocycles. The number of hydrogen-bond acceptors (Lipinski definition) is 2. The summed E-state index contributed by atoms with van der Waals surface area (Å²) in [6, 6.07) is 0.468. The van der Waals surface area contributed by atoms with Crippen molar-refractivity contribution < 1.29 is 0 Å². The average Bonchev–Trinajstić information content (AvgIpc) is 2.11. The zero-order valence-electron chi connectivity index (χ0n) is 6.92. The van der Waals surface area contributed by atoms with Crippen molar-refractivity contribution >= 4 is 0 Å². The fraction of sp³-hybridized carbons (Fsp3) is 0.714. The second-order valence-electron chi connectivity index (χ2n) is 2.76. The van der Waals surface area contributed by atoms with Crippen LogP contribution in [0.1, 0.15) is 31.5 Å². The lowest BCUT2D eigenvalue weighted by molar-refractivity contribution is 0.566. The standard InChI is InChI=1S/C7H13N3/c1-5(2)10-6(3)8-9-7(10)4/h5H,1-4H3. The van der Waals surface area contributed by atoms with Gasteiger partial charge in [-0.1, -0.05) is 0 Å². The Kier molecular flexibility index (Phi) is 1.74. The van der Waals surface area contributed by atoms with E-state index in [1.807, 2.05) is 13.8 Å². The summed E-state index contributed by atoms with van der Waals surface area (Å²) in [5.74, 6) is 1.99. The molecule has 0 atom stereocenters. The first-order chi connectivity index (χ1) is 4.63. The number of aromatic nitrogens is 3. The maximum Gasteiger partial charge on any atom is 0.130 e. The van der Waals surface area contributed by atoms with Crippen molar-refractivity contribution in [2.45, 2.75) is 33.7 Å². The first-order valence-corrected chi connectivity index (χ1v) is 3.51. The van der Waals surface area contributed by atoms with Gasteiger partial charge in [0.1, 0.15) is 11.6 Å². The summed E-state index contributed by atoms with van der Waals surface area (Å²) in [7, 11) is 0. The zero-order chi connectivity index (χ0) is 7.72. The van der Waals surface area contributed by atoms with Gasteiger partial charge in [0.2, 0.25) is 0 Å². The van der Waals surface area contributed by atoms with Crippen LogP contribution in [0.25, 0.3) is 0 Å². The van der Waals surface area contributed by atoms with Crippen molar-refractivity contribution in [3.63, 3.8) is 0 Å². The van der Waals surface area contributed by atoms with Crippen molar-refractivity contribution in [3.8, 4) is 0 Å². The van der Waals surface area contributed by atoms with E-state index in [1.54, 1.807) is 0 Å². The number of aryl methyl sites for hydroxylation is 2. The van der Waals surface area contributed by atoms with Crippen LogP contribution < -0.4 is 0 Å². The van der Waals surface area contributed by atoms with Crippen LogP contribution in [0.3, 0.4) is 0 Å². The summed E-state index contributed by atoms with van der Waals surface area (Å²) >= 11 is 0. The van der Waals surface area contributed by atoms with Crippen LogP contribution in [0.2, 0.25) is 0 Å². The molecule has 0 saturated heterocycles. The quantitative estimate of drug-likeness (QED) is 0.590. The van der Waals surface area contributed by atoms with Crippen LogP contribution in [0.5, 0.6) is 0 Å². The Morgan fingerprint density at radius 1 is 1.10 bits per heavy atom. The average molecular weight is 139 g/mol. The summed E-state index contributed by atoms with van der Waals surface area (Å²) in [4.78, 5) is 0. The molecule has 0 bridgehead atoms. The number of nitrogens with zero attached hydrogens (tertiary/aromatic N) is 3. The molecule has 0 unspecified atom stereocenters. The first-order valence-electron chi connectivity index (χ1n) is 3.51. The van der Waals surface area contributed by atoms with E-state index in [0.29, 0.717) is 6.04 Å². The smallest absolute Gasteiger partial charge is 0.130 e. The van der Waals surface area contributed by atoms with Gasteiger partial charge in [-0.2, -0.15) is 0 Å². The molecule has 0 aliphatic heterocycles. The predicted molar refractivity (Wildman–Crippen MR) is 39.9 cm³/mol. The first kappa shape index (κ1) is 7.25. The predicted octanol–water partition coefficient (Wildman–Crippen LogP) is 1.48. The third-order valence-corrected chi connectivity index (χ3v) is 1.55. The van der Waals surface area contributed by atoms with Gasteiger partial charge in [0.05, 0.1) is 0 Å². The fourth-order valence-electron chi connectivity index (χ4n) is 1.22. The van der Waals surface area contributed by atoms with E-state index in [4.69, 9.17) is 0 Å². The highest BCUT2D eigenvalue weighted by molar-refractivity contribution is 4.92. The Morgan fingerprint density at radius 2 is 1.50 bits per heavy atom. The lowest BCUT2D eigenvalue weighted by atomic mass is 10.4. The Morgan fingerprint density at radius 3 is 1.70 bits per heavy atom. The molecule has 0 aliphatic carbocycles. The molecule has 0 saturated carbocycles. The van der Waals surface area contributed by atoms with E-state index in [0.717, 1.165) is 11.6 Å². The minimum absolute atomic E-state index is 0.468. The van der Waals surface area contributed by atoms with Crippen molar-refractivity contribution in [1.82, 2.24) is 14.8 Å². The molecule has 0 spiro atoms. The van der Waals surface area contributed by atoms with E-state index in [-0.39, 0.29) is 0 Å². The molecule has 0 aromatic carbocycles. The Labute approximate surface area is 61.1 Å². The van der Waals surface area contributed by atoms with Gasteiger partial charge in [-0.25, -0.2) is 0 Å². The Balaban J connectivity index is 3.10. The highest BCUT2D eigenvalue weighted by Gasteiger charge is 2.05. The van der Waals surface area contributed by atoms with Crippen LogP contribution in [-0.2, 0) is 0 Å². The molecular formula is C7H13N3. The summed E-state index contributed by atoms with van der Waals surface area (Å²) in [5, 5.41) is 7.90. The van der Waals surface area contributed by atoms with Crippen LogP contribution in [0.4, 0.5) is 0 Å². The molecule has 0 radical (unpaired) electrons. The highest BCUT2D eigenvalue weighted by atomic mass is 15.3. The van der Waals surface area contributed by atoms with Gasteiger partial charge in [-0.05, 0) is 27.7 Å². The molecule has 1 aromatic heterocycles. The summed E-state index contributed by atoms with van der Waals surface area (Å²) in [5.41, 5.74) is 0. The Hall–Kier alpha value is -0.860. The minimum Gasteiger partial charge on any atom is -0.313 e. The van der Waals surface area contributed by atoms with Crippen molar-refractivity contribution in [1.29, 1.82) is 0 Å². The second-order valence-corrected chi connectivity index (χ2v) is 2.76. The van der Waals surface area contributed by atoms with E-state index in [2.05, 4.69) is 28.6 Å². The van der Waals surface area contributed by atoms with Crippen LogP contribution >= 0.6 is 0 Å². The summed E-state index contributed by atoms with van der Waals surface area (Å²) in [6.07, 6.45) is 0. The topological polar surface area (TPSA) is 30.7 Å². The fourth-order valence-corrected chi connectivity index (χ4v) is 1.22. The monoisotopic (exact) mass is 139 g/mol. The van der Waals surface area contributed by atoms with Crippen LogP contribution in [0, 0.1) is 13.8 Å². The molecule has 0 amide bonds. The molecular weight excluding hydrogens is 126 g/mol. The van der Waals surface area contributed by atoms with E-state index in [9.17, 15) is 0 Å². The van der Waals surface area contributed by atoms with E-state index >= 15 is 0 Å². The zero-order valence-corrected chi connectivity index (χ0v) is 6.92. The van der Waals surface area contributed by atoms with Gasteiger partial charge in [-0.3, -0.25) is 0 Å². The highest BCUT2D eigenvalue weighted by Crippen LogP contribution is 2.08. The normalized spacial score (nSPS) is 10.9. The number of rotatable bonds is 1. The van der Waals surface area contributed by atoms with Crippen LogP contribution in [0.15, 0.2) is 0 Å². The van der Waals surface area contributed by atoms with Crippen molar-refractivity contribution in [3.05, 3.63) is 11.6 Å². The molecule has 0 aliphatic rings. The Bertz CT molecular complexity index is 205. The maximum atomic E-state index is 3.95. The van der Waals surface area contributed by atoms with Gasteiger partial charge >= 0.3 is 0 Å². The third-order valence-electron chi connectivity index (χ3n) is 1.55. The van der Waals surface area contributed by atoms with E-state index in [1.165, 1.54) is 0 Å². The van der Waals surface area contributed by atoms with Crippen molar-refractivity contribution in [2.24, 2.45) is 0 Å². The molecule has 10 heavy (non-hydrogen) atoms. The van der Waals surface area contributed by atoms with Gasteiger partial charge < -0.3 is 4.57 Å². The van der Waals surface area contributed by atoms with Gasteiger partial charge in [-0.15, -0.1) is 10.2 Å². The molecule has 0 N–H and O–H groups in total. The SMILES string of the molecule is Cc1nnc(C)n1C(C)C. The van der Waals surface area contributed by atoms with Crippen LogP contribution in [-0.4, -0.2) is 14.8 Å². The lowest BCUT2D eigenvalue weighted by Crippen LogP contribution is -2.04. The molecule has 3 heteroatoms. The molecule has 3 nitrogen and oxygen atoms in total. The molecule has 1 rings (SSSR count). The van der Waals surface area contributed by atoms with E-state index < -0.39 is 0 Å². The summed E-state index contributed by atoms with van der Waals surface area (Å²) < 4.78 is 2.11. The number of hydrogen-bond donors (Lipinski definition) is 0. The van der Waals surface area contributed by atoms with Gasteiger partial charge in [0.15, 0.2) is 0 Å². The second kappa shape index (κ2) is 2.40. The van der Waals surface area contributed by atoms with Crippen molar-refractivity contribution in [2.75, 3.05) is 0 Å². The summed E-state index contributed by atoms with van der Waals surface area (Å²) in [6.45, 7) is 8.20. The third kappa shape index (κ3) is 1.03. The lowest BCUT2D eigenvalue weighted by Gasteiger charge is -2.08. The molecule has 0 fully saturated rings.